The molecule has 1 aromatic rings. The molecule has 0 saturated heterocycles. The summed E-state index contributed by atoms with van der Waals surface area (Å²) in [6, 6.07) is 3.20. The minimum Gasteiger partial charge on any atom is -0.772 e. The lowest BCUT2D eigenvalue weighted by Crippen LogP contribution is -2.01. The summed E-state index contributed by atoms with van der Waals surface area (Å²) >= 11 is 3.19. The molecule has 0 aromatic heterocycles. The minimum absolute atomic E-state index is 0.154. The maximum absolute atomic E-state index is 11.1. The van der Waals surface area contributed by atoms with Gasteiger partial charge in [0.25, 0.3) is 5.24 Å². The lowest BCUT2D eigenvalue weighted by atomic mass is 10.0. The van der Waals surface area contributed by atoms with Crippen molar-refractivity contribution in [2.24, 2.45) is 0 Å². The van der Waals surface area contributed by atoms with Crippen molar-refractivity contribution in [3.05, 3.63) is 41.0 Å². The van der Waals surface area contributed by atoms with E-state index in [2.05, 4.69) is 6.58 Å². The van der Waals surface area contributed by atoms with Crippen molar-refractivity contribution in [3.8, 4) is 0 Å². The molecule has 5 heteroatoms. The second kappa shape index (κ2) is 5.39. The van der Waals surface area contributed by atoms with Crippen LogP contribution in [0.3, 0.4) is 0 Å². The summed E-state index contributed by atoms with van der Waals surface area (Å²) in [6.45, 7) is 5.33. The average Bonchev–Trinajstić information content (AvgIpc) is 2.18. The van der Waals surface area contributed by atoms with E-state index in [1.165, 1.54) is 6.07 Å². The summed E-state index contributed by atoms with van der Waals surface area (Å²) in [5.74, 6) is -0.154. The van der Waals surface area contributed by atoms with E-state index in [-0.39, 0.29) is 5.75 Å². The molecule has 0 heterocycles. The normalized spacial score (nSPS) is 12.2. The van der Waals surface area contributed by atoms with Gasteiger partial charge in [0, 0.05) is 11.3 Å². The molecule has 0 amide bonds. The van der Waals surface area contributed by atoms with Crippen LogP contribution in [0.5, 0.6) is 0 Å². The van der Waals surface area contributed by atoms with Gasteiger partial charge < -0.3 is 4.55 Å². The van der Waals surface area contributed by atoms with Gasteiger partial charge in [-0.15, -0.1) is 0 Å². The van der Waals surface area contributed by atoms with Crippen molar-refractivity contribution in [3.63, 3.8) is 0 Å². The molecular formula is C11H10ClO3S-. The first-order valence-corrected chi connectivity index (χ1v) is 6.09. The Balaban J connectivity index is 3.33. The highest BCUT2D eigenvalue weighted by atomic mass is 35.5. The van der Waals surface area contributed by atoms with Gasteiger partial charge in [0.15, 0.2) is 0 Å². The van der Waals surface area contributed by atoms with Crippen LogP contribution in [-0.2, 0) is 16.8 Å². The first-order chi connectivity index (χ1) is 7.45. The third kappa shape index (κ3) is 3.01. The van der Waals surface area contributed by atoms with Crippen molar-refractivity contribution >= 4 is 34.0 Å². The molecule has 0 radical (unpaired) electrons. The van der Waals surface area contributed by atoms with E-state index >= 15 is 0 Å². The Bertz CT molecular complexity index is 469. The van der Waals surface area contributed by atoms with E-state index < -0.39 is 16.3 Å². The van der Waals surface area contributed by atoms with Gasteiger partial charge in [-0.3, -0.25) is 9.00 Å². The Morgan fingerprint density at radius 1 is 1.62 bits per heavy atom. The number of hydrogen-bond donors (Lipinski definition) is 0. The van der Waals surface area contributed by atoms with Crippen LogP contribution in [-0.4, -0.2) is 14.0 Å². The van der Waals surface area contributed by atoms with Crippen molar-refractivity contribution in [1.82, 2.24) is 0 Å². The second-order valence-electron chi connectivity index (χ2n) is 3.29. The number of benzene rings is 1. The Morgan fingerprint density at radius 3 is 2.69 bits per heavy atom. The SMILES string of the molecule is C=Cc1cc(C)c(C(=O)Cl)cc1CS(=O)[O-]. The first kappa shape index (κ1) is 13.1. The molecule has 1 rings (SSSR count). The number of aryl methyl sites for hydroxylation is 1. The zero-order chi connectivity index (χ0) is 12.3. The van der Waals surface area contributed by atoms with Crippen molar-refractivity contribution in [2.45, 2.75) is 12.7 Å². The van der Waals surface area contributed by atoms with Gasteiger partial charge in [0.2, 0.25) is 0 Å². The monoisotopic (exact) mass is 257 g/mol. The topological polar surface area (TPSA) is 57.2 Å². The molecule has 0 saturated carbocycles. The fourth-order valence-corrected chi connectivity index (χ4v) is 2.14. The molecule has 16 heavy (non-hydrogen) atoms. The summed E-state index contributed by atoms with van der Waals surface area (Å²) in [6.07, 6.45) is 1.55. The molecule has 0 aliphatic heterocycles. The van der Waals surface area contributed by atoms with Gasteiger partial charge in [0.05, 0.1) is 0 Å². The zero-order valence-corrected chi connectivity index (χ0v) is 10.2. The van der Waals surface area contributed by atoms with E-state index in [9.17, 15) is 13.6 Å². The predicted octanol–water partition coefficient (Wildman–Crippen LogP) is 2.40. The fourth-order valence-electron chi connectivity index (χ4n) is 1.43. The number of carbonyl (C=O) groups is 1. The van der Waals surface area contributed by atoms with Crippen molar-refractivity contribution in [2.75, 3.05) is 0 Å². The lowest BCUT2D eigenvalue weighted by molar-refractivity contribution is 0.108. The zero-order valence-electron chi connectivity index (χ0n) is 8.66. The highest BCUT2D eigenvalue weighted by Gasteiger charge is 2.10. The van der Waals surface area contributed by atoms with Gasteiger partial charge in [0.1, 0.15) is 0 Å². The van der Waals surface area contributed by atoms with Crippen molar-refractivity contribution in [1.29, 1.82) is 0 Å². The van der Waals surface area contributed by atoms with Crippen LogP contribution < -0.4 is 0 Å². The molecule has 1 unspecified atom stereocenters. The van der Waals surface area contributed by atoms with Gasteiger partial charge in [-0.1, -0.05) is 29.8 Å². The fraction of sp³-hybridized carbons (Fsp3) is 0.182. The smallest absolute Gasteiger partial charge is 0.252 e. The van der Waals surface area contributed by atoms with Crippen LogP contribution in [0.2, 0.25) is 0 Å². The average molecular weight is 258 g/mol. The lowest BCUT2D eigenvalue weighted by Gasteiger charge is -2.11. The van der Waals surface area contributed by atoms with Gasteiger partial charge in [-0.2, -0.15) is 0 Å². The van der Waals surface area contributed by atoms with Gasteiger partial charge >= 0.3 is 0 Å². The van der Waals surface area contributed by atoms with E-state index in [1.54, 1.807) is 19.1 Å². The summed E-state index contributed by atoms with van der Waals surface area (Å²) in [5.41, 5.74) is 2.25. The van der Waals surface area contributed by atoms with Crippen LogP contribution in [0.1, 0.15) is 27.0 Å². The third-order valence-corrected chi connectivity index (χ3v) is 2.94. The highest BCUT2D eigenvalue weighted by molar-refractivity contribution is 7.78. The number of rotatable bonds is 4. The molecular weight excluding hydrogens is 248 g/mol. The van der Waals surface area contributed by atoms with E-state index in [1.807, 2.05) is 0 Å². The number of carbonyl (C=O) groups excluding carboxylic acids is 1. The quantitative estimate of drug-likeness (QED) is 0.615. The van der Waals surface area contributed by atoms with Crippen molar-refractivity contribution < 1.29 is 13.6 Å². The number of hydrogen-bond acceptors (Lipinski definition) is 3. The Kier molecular flexibility index (Phi) is 4.41. The summed E-state index contributed by atoms with van der Waals surface area (Å²) < 4.78 is 21.3. The molecule has 1 aromatic carbocycles. The predicted molar refractivity (Wildman–Crippen MR) is 64.1 cm³/mol. The van der Waals surface area contributed by atoms with Crippen LogP contribution >= 0.6 is 11.6 Å². The van der Waals surface area contributed by atoms with Crippen LogP contribution in [0.25, 0.3) is 6.08 Å². The maximum atomic E-state index is 11.1. The van der Waals surface area contributed by atoms with E-state index in [0.717, 1.165) is 0 Å². The van der Waals surface area contributed by atoms with E-state index in [0.29, 0.717) is 22.3 Å². The van der Waals surface area contributed by atoms with Gasteiger partial charge in [-0.05, 0) is 41.3 Å². The molecule has 1 atom stereocenters. The summed E-state index contributed by atoms with van der Waals surface area (Å²) in [7, 11) is 0. The maximum Gasteiger partial charge on any atom is 0.252 e. The molecule has 0 fully saturated rings. The highest BCUT2D eigenvalue weighted by Crippen LogP contribution is 2.20. The molecule has 0 aliphatic carbocycles. The largest absolute Gasteiger partial charge is 0.772 e. The number of halogens is 1. The van der Waals surface area contributed by atoms with Crippen LogP contribution in [0, 0.1) is 6.92 Å². The minimum atomic E-state index is -2.21. The molecule has 0 spiro atoms. The standard InChI is InChI=1S/C11H11ClO3S/c1-3-8-4-7(2)10(11(12)13)5-9(8)6-16(14)15/h3-5H,1,6H2,2H3,(H,14,15)/p-1. The first-order valence-electron chi connectivity index (χ1n) is 4.47. The molecule has 3 nitrogen and oxygen atoms in total. The second-order valence-corrected chi connectivity index (χ2v) is 4.53. The molecule has 86 valence electrons. The van der Waals surface area contributed by atoms with E-state index in [4.69, 9.17) is 11.6 Å². The molecule has 0 bridgehead atoms. The summed E-state index contributed by atoms with van der Waals surface area (Å²) in [5, 5.41) is -0.592. The molecule has 0 N–H and O–H groups in total. The summed E-state index contributed by atoms with van der Waals surface area (Å²) in [4.78, 5) is 11.1. The van der Waals surface area contributed by atoms with Gasteiger partial charge in [-0.25, -0.2) is 0 Å². The molecule has 0 aliphatic rings. The Morgan fingerprint density at radius 2 is 2.25 bits per heavy atom. The third-order valence-electron chi connectivity index (χ3n) is 2.19. The van der Waals surface area contributed by atoms with Crippen LogP contribution in [0.4, 0.5) is 0 Å². The van der Waals surface area contributed by atoms with Crippen LogP contribution in [0.15, 0.2) is 18.7 Å². The Hall–Kier alpha value is -0.970. The Labute approximate surface area is 101 Å².